The van der Waals surface area contributed by atoms with Crippen LogP contribution in [0.2, 0.25) is 0 Å². The summed E-state index contributed by atoms with van der Waals surface area (Å²) in [6.45, 7) is 0. The topological polar surface area (TPSA) is 124 Å². The first-order valence-electron chi connectivity index (χ1n) is 11.5. The summed E-state index contributed by atoms with van der Waals surface area (Å²) >= 11 is 0. The number of H-pyrrole nitrogens is 1. The molecular weight excluding hydrogens is 461 g/mol. The van der Waals surface area contributed by atoms with E-state index in [2.05, 4.69) is 20.3 Å². The molecule has 0 amide bonds. The smallest absolute Gasteiger partial charge is 0.227 e. The normalized spacial score (nSPS) is 17.3. The molecule has 2 aliphatic carbocycles. The van der Waals surface area contributed by atoms with Crippen LogP contribution in [0.15, 0.2) is 66.4 Å². The number of nitrogen functional groups attached to an aromatic ring is 1. The summed E-state index contributed by atoms with van der Waals surface area (Å²) < 4.78 is 24.4. The summed E-state index contributed by atoms with van der Waals surface area (Å²) in [5.74, 6) is 1.66. The van der Waals surface area contributed by atoms with Crippen molar-refractivity contribution in [3.05, 3.63) is 72.3 Å². The number of aromatic amines is 1. The second-order valence-corrected chi connectivity index (χ2v) is 8.37. The number of hydrogen-bond acceptors (Lipinski definition) is 8. The van der Waals surface area contributed by atoms with Crippen molar-refractivity contribution < 1.29 is 13.9 Å². The second kappa shape index (κ2) is 10.1. The number of nitrogens with zero attached hydrogens (tertiary/aromatic N) is 4. The molecule has 184 valence electrons. The number of anilines is 2. The highest BCUT2D eigenvalue weighted by Crippen LogP contribution is 2.35. The zero-order valence-electron chi connectivity index (χ0n) is 20.0. The predicted octanol–water partition coefficient (Wildman–Crippen LogP) is 4.82. The van der Waals surface area contributed by atoms with Crippen molar-refractivity contribution in [1.29, 1.82) is 0 Å². The highest BCUT2D eigenvalue weighted by molar-refractivity contribution is 5.80. The lowest BCUT2D eigenvalue weighted by atomic mass is 10.0. The van der Waals surface area contributed by atoms with Gasteiger partial charge in [0.25, 0.3) is 0 Å². The summed E-state index contributed by atoms with van der Waals surface area (Å²) in [5, 5.41) is 3.28. The van der Waals surface area contributed by atoms with Gasteiger partial charge < -0.3 is 25.5 Å². The number of nitrogens with two attached hydrogens (primary N) is 1. The third-order valence-corrected chi connectivity index (χ3v) is 6.01. The Morgan fingerprint density at radius 1 is 1.14 bits per heavy atom. The summed E-state index contributed by atoms with van der Waals surface area (Å²) in [5.41, 5.74) is 10.4. The van der Waals surface area contributed by atoms with Gasteiger partial charge in [-0.2, -0.15) is 0 Å². The molecule has 1 unspecified atom stereocenters. The number of rotatable bonds is 7. The maximum Gasteiger partial charge on any atom is 0.227 e. The van der Waals surface area contributed by atoms with Crippen molar-refractivity contribution in [1.82, 2.24) is 24.9 Å². The lowest BCUT2D eigenvalue weighted by molar-refractivity contribution is 0.140. The Bertz CT molecular complexity index is 1410. The average molecular weight is 488 g/mol. The summed E-state index contributed by atoms with van der Waals surface area (Å²) in [6, 6.07) is 3.58. The molecule has 3 aromatic heterocycles. The summed E-state index contributed by atoms with van der Waals surface area (Å²) in [6.07, 6.45) is 14.0. The quantitative estimate of drug-likeness (QED) is 0.433. The van der Waals surface area contributed by atoms with Gasteiger partial charge in [0, 0.05) is 43.6 Å². The SMILES string of the molecule is COc1cc(-c2nc(C3=CC=C(F)CC3)[nH]c2-c2ccnc(NC3=CC=CC(OC)C3)n2)cnc1N. The third-order valence-electron chi connectivity index (χ3n) is 6.01. The van der Waals surface area contributed by atoms with Crippen LogP contribution in [0.1, 0.15) is 25.1 Å². The van der Waals surface area contributed by atoms with Crippen molar-refractivity contribution in [2.45, 2.75) is 25.4 Å². The van der Waals surface area contributed by atoms with E-state index in [4.69, 9.17) is 25.2 Å². The first-order valence-corrected chi connectivity index (χ1v) is 11.5. The number of ether oxygens (including phenoxy) is 2. The number of pyridine rings is 1. The molecule has 9 nitrogen and oxygen atoms in total. The number of imidazole rings is 1. The van der Waals surface area contributed by atoms with Crippen LogP contribution in [0.3, 0.4) is 0 Å². The van der Waals surface area contributed by atoms with E-state index in [1.807, 2.05) is 18.2 Å². The minimum atomic E-state index is -0.146. The van der Waals surface area contributed by atoms with E-state index >= 15 is 0 Å². The number of allylic oxidation sites excluding steroid dienone is 6. The molecule has 0 radical (unpaired) electrons. The van der Waals surface area contributed by atoms with Crippen LogP contribution in [0.5, 0.6) is 5.75 Å². The van der Waals surface area contributed by atoms with E-state index in [-0.39, 0.29) is 17.7 Å². The van der Waals surface area contributed by atoms with E-state index in [0.29, 0.717) is 59.4 Å². The molecule has 3 heterocycles. The number of nitrogens with one attached hydrogen (secondary N) is 2. The molecule has 0 aliphatic heterocycles. The van der Waals surface area contributed by atoms with Crippen LogP contribution in [0.25, 0.3) is 28.2 Å². The number of methoxy groups -OCH3 is 2. The van der Waals surface area contributed by atoms with Crippen LogP contribution in [0.4, 0.5) is 16.2 Å². The lowest BCUT2D eigenvalue weighted by Crippen LogP contribution is -2.15. The second-order valence-electron chi connectivity index (χ2n) is 8.37. The molecule has 4 N–H and O–H groups in total. The van der Waals surface area contributed by atoms with Crippen molar-refractivity contribution in [3.63, 3.8) is 0 Å². The van der Waals surface area contributed by atoms with Gasteiger partial charge in [-0.3, -0.25) is 0 Å². The summed E-state index contributed by atoms with van der Waals surface area (Å²) in [4.78, 5) is 21.6. The van der Waals surface area contributed by atoms with E-state index in [0.717, 1.165) is 11.3 Å². The monoisotopic (exact) mass is 487 g/mol. The fraction of sp³-hybridized carbons (Fsp3) is 0.231. The Balaban J connectivity index is 1.55. The maximum atomic E-state index is 13.6. The molecule has 5 rings (SSSR count). The van der Waals surface area contributed by atoms with Gasteiger partial charge in [-0.05, 0) is 36.3 Å². The van der Waals surface area contributed by atoms with E-state index < -0.39 is 0 Å². The third kappa shape index (κ3) is 4.89. The van der Waals surface area contributed by atoms with E-state index in [9.17, 15) is 4.39 Å². The molecular formula is C26H26FN7O2. The van der Waals surface area contributed by atoms with Gasteiger partial charge in [-0.15, -0.1) is 0 Å². The molecule has 2 aliphatic rings. The molecule has 3 aromatic rings. The Kier molecular flexibility index (Phi) is 6.59. The van der Waals surface area contributed by atoms with E-state index in [1.165, 1.54) is 13.2 Å². The lowest BCUT2D eigenvalue weighted by Gasteiger charge is -2.17. The number of hydrogen-bond donors (Lipinski definition) is 3. The minimum absolute atomic E-state index is 0.00176. The average Bonchev–Trinajstić information content (AvgIpc) is 3.35. The molecule has 0 bridgehead atoms. The van der Waals surface area contributed by atoms with Crippen LogP contribution >= 0.6 is 0 Å². The molecule has 36 heavy (non-hydrogen) atoms. The van der Waals surface area contributed by atoms with Crippen LogP contribution in [0, 0.1) is 0 Å². The van der Waals surface area contributed by atoms with Gasteiger partial charge in [-0.1, -0.05) is 18.2 Å². The zero-order valence-corrected chi connectivity index (χ0v) is 20.0. The first-order chi connectivity index (χ1) is 17.5. The molecule has 10 heteroatoms. The Hall–Kier alpha value is -4.31. The van der Waals surface area contributed by atoms with Crippen LogP contribution < -0.4 is 15.8 Å². The summed E-state index contributed by atoms with van der Waals surface area (Å²) in [7, 11) is 3.22. The fourth-order valence-corrected chi connectivity index (χ4v) is 4.08. The van der Waals surface area contributed by atoms with Gasteiger partial charge in [0.15, 0.2) is 11.6 Å². The van der Waals surface area contributed by atoms with Gasteiger partial charge >= 0.3 is 0 Å². The van der Waals surface area contributed by atoms with Gasteiger partial charge in [0.2, 0.25) is 5.95 Å². The molecule has 0 saturated carbocycles. The van der Waals surface area contributed by atoms with Crippen molar-refractivity contribution in [2.24, 2.45) is 0 Å². The van der Waals surface area contributed by atoms with Crippen molar-refractivity contribution in [2.75, 3.05) is 25.3 Å². The zero-order chi connectivity index (χ0) is 25.1. The highest BCUT2D eigenvalue weighted by atomic mass is 19.1. The Morgan fingerprint density at radius 2 is 2.03 bits per heavy atom. The van der Waals surface area contributed by atoms with Gasteiger partial charge in [0.05, 0.1) is 24.6 Å². The van der Waals surface area contributed by atoms with Crippen LogP contribution in [-0.4, -0.2) is 45.2 Å². The largest absolute Gasteiger partial charge is 0.493 e. The minimum Gasteiger partial charge on any atom is -0.493 e. The highest BCUT2D eigenvalue weighted by Gasteiger charge is 2.21. The molecule has 0 spiro atoms. The van der Waals surface area contributed by atoms with Crippen LogP contribution in [-0.2, 0) is 4.74 Å². The molecule has 0 fully saturated rings. The van der Waals surface area contributed by atoms with Gasteiger partial charge in [-0.25, -0.2) is 24.3 Å². The van der Waals surface area contributed by atoms with Crippen molar-refractivity contribution >= 4 is 17.3 Å². The Labute approximate surface area is 207 Å². The number of halogens is 1. The predicted molar refractivity (Wildman–Crippen MR) is 136 cm³/mol. The number of aromatic nitrogens is 5. The fourth-order valence-electron chi connectivity index (χ4n) is 4.08. The molecule has 1 atom stereocenters. The maximum absolute atomic E-state index is 13.6. The first kappa shape index (κ1) is 23.4. The molecule has 0 aromatic carbocycles. The Morgan fingerprint density at radius 3 is 2.81 bits per heavy atom. The molecule has 0 saturated heterocycles. The standard InChI is InChI=1S/C26H26FN7O2/c1-35-19-5-3-4-18(13-19)31-26-29-11-10-20(32-26)23-22(16-12-21(36-2)24(28)30-14-16)33-25(34-23)15-6-8-17(27)9-7-15/h3-6,8,10-12,14,19H,7,9,13H2,1-2H3,(H2,28,30)(H,33,34)(H,29,31,32). The van der Waals surface area contributed by atoms with E-state index in [1.54, 1.807) is 37.7 Å². The van der Waals surface area contributed by atoms with Crippen molar-refractivity contribution in [3.8, 4) is 28.4 Å². The van der Waals surface area contributed by atoms with Gasteiger partial charge in [0.1, 0.15) is 17.3 Å².